The van der Waals surface area contributed by atoms with Gasteiger partial charge in [0.25, 0.3) is 0 Å². The Bertz CT molecular complexity index is 193. The summed E-state index contributed by atoms with van der Waals surface area (Å²) in [6.07, 6.45) is 4.77. The highest BCUT2D eigenvalue weighted by Crippen LogP contribution is 2.28. The summed E-state index contributed by atoms with van der Waals surface area (Å²) in [5, 5.41) is -0.431. The molecule has 1 heterocycles. The Balaban J connectivity index is 2.76. The third-order valence-corrected chi connectivity index (χ3v) is 4.81. The van der Waals surface area contributed by atoms with Crippen LogP contribution in [-0.2, 0) is 9.53 Å². The molecule has 0 amide bonds. The third-order valence-electron chi connectivity index (χ3n) is 2.42. The first-order chi connectivity index (χ1) is 5.71. The second-order valence-electron chi connectivity index (χ2n) is 3.51. The SMILES string of the molecule is C[SiH](C)C1(N=C=O)CCCCO1. The standard InChI is InChI=1S/C8H15NO2Si/c1-12(2)8(9-7-10)5-3-4-6-11-8/h12H,3-6H2,1-2H3. The first kappa shape index (κ1) is 9.64. The zero-order valence-electron chi connectivity index (χ0n) is 7.67. The number of rotatable bonds is 2. The van der Waals surface area contributed by atoms with Crippen LogP contribution in [0.5, 0.6) is 0 Å². The summed E-state index contributed by atoms with van der Waals surface area (Å²) >= 11 is 0. The molecule has 1 atom stereocenters. The van der Waals surface area contributed by atoms with E-state index >= 15 is 0 Å². The quantitative estimate of drug-likeness (QED) is 0.369. The Kier molecular flexibility index (Phi) is 3.20. The lowest BCUT2D eigenvalue weighted by Crippen LogP contribution is -2.45. The molecule has 0 spiro atoms. The van der Waals surface area contributed by atoms with Crippen molar-refractivity contribution in [2.24, 2.45) is 4.99 Å². The smallest absolute Gasteiger partial charge is 0.237 e. The third kappa shape index (κ3) is 1.83. The van der Waals surface area contributed by atoms with Gasteiger partial charge >= 0.3 is 0 Å². The summed E-state index contributed by atoms with van der Waals surface area (Å²) in [6.45, 7) is 5.06. The van der Waals surface area contributed by atoms with E-state index in [9.17, 15) is 4.79 Å². The topological polar surface area (TPSA) is 38.7 Å². The number of aliphatic imine (C=N–C) groups is 1. The van der Waals surface area contributed by atoms with Gasteiger partial charge < -0.3 is 4.74 Å². The van der Waals surface area contributed by atoms with Crippen molar-refractivity contribution in [1.82, 2.24) is 0 Å². The number of carbonyl (C=O) groups excluding carboxylic acids is 1. The van der Waals surface area contributed by atoms with E-state index < -0.39 is 14.1 Å². The fourth-order valence-electron chi connectivity index (χ4n) is 1.55. The number of hydrogen-bond donors (Lipinski definition) is 0. The summed E-state index contributed by atoms with van der Waals surface area (Å²) in [5.41, 5.74) is 0. The average molecular weight is 185 g/mol. The first-order valence-electron chi connectivity index (χ1n) is 4.44. The van der Waals surface area contributed by atoms with E-state index in [2.05, 4.69) is 18.1 Å². The van der Waals surface area contributed by atoms with Crippen molar-refractivity contribution in [3.8, 4) is 0 Å². The van der Waals surface area contributed by atoms with Gasteiger partial charge in [-0.1, -0.05) is 13.1 Å². The Morgan fingerprint density at radius 1 is 1.50 bits per heavy atom. The predicted molar refractivity (Wildman–Crippen MR) is 49.5 cm³/mol. The first-order valence-corrected chi connectivity index (χ1v) is 7.33. The van der Waals surface area contributed by atoms with Crippen LogP contribution in [0.3, 0.4) is 0 Å². The molecule has 0 saturated carbocycles. The predicted octanol–water partition coefficient (Wildman–Crippen LogP) is 1.24. The Hall–Kier alpha value is -0.443. The lowest BCUT2D eigenvalue weighted by atomic mass is 10.2. The van der Waals surface area contributed by atoms with Crippen molar-refractivity contribution in [3.05, 3.63) is 0 Å². The van der Waals surface area contributed by atoms with Crippen LogP contribution in [0, 0.1) is 0 Å². The van der Waals surface area contributed by atoms with Crippen LogP contribution in [0.2, 0.25) is 13.1 Å². The lowest BCUT2D eigenvalue weighted by molar-refractivity contribution is -0.0161. The molecule has 1 unspecified atom stereocenters. The second-order valence-corrected chi connectivity index (χ2v) is 6.72. The maximum absolute atomic E-state index is 10.2. The number of nitrogens with zero attached hydrogens (tertiary/aromatic N) is 1. The molecular weight excluding hydrogens is 170 g/mol. The van der Waals surface area contributed by atoms with Crippen LogP contribution in [0.15, 0.2) is 4.99 Å². The molecule has 1 rings (SSSR count). The highest BCUT2D eigenvalue weighted by atomic mass is 28.3. The summed E-state index contributed by atoms with van der Waals surface area (Å²) in [4.78, 5) is 14.1. The monoisotopic (exact) mass is 185 g/mol. The normalized spacial score (nSPS) is 29.9. The molecule has 1 aliphatic rings. The molecule has 0 radical (unpaired) electrons. The van der Waals surface area contributed by atoms with Crippen LogP contribution < -0.4 is 0 Å². The molecule has 0 bridgehead atoms. The number of hydrogen-bond acceptors (Lipinski definition) is 3. The van der Waals surface area contributed by atoms with Gasteiger partial charge in [0.15, 0.2) is 5.35 Å². The van der Waals surface area contributed by atoms with Gasteiger partial charge in [-0.25, -0.2) is 4.79 Å². The van der Waals surface area contributed by atoms with E-state index in [1.54, 1.807) is 6.08 Å². The van der Waals surface area contributed by atoms with Crippen LogP contribution in [0.25, 0.3) is 0 Å². The van der Waals surface area contributed by atoms with Crippen molar-refractivity contribution in [1.29, 1.82) is 0 Å². The molecule has 0 aromatic rings. The summed E-state index contributed by atoms with van der Waals surface area (Å²) < 4.78 is 5.60. The average Bonchev–Trinajstić information content (AvgIpc) is 2.06. The zero-order valence-corrected chi connectivity index (χ0v) is 8.82. The molecule has 1 aliphatic heterocycles. The largest absolute Gasteiger partial charge is 0.357 e. The molecular formula is C8H15NO2Si. The second kappa shape index (κ2) is 3.98. The molecule has 0 N–H and O–H groups in total. The van der Waals surface area contributed by atoms with Gasteiger partial charge in [0.05, 0.1) is 8.80 Å². The molecule has 4 heteroatoms. The Morgan fingerprint density at radius 2 is 2.25 bits per heavy atom. The molecule has 0 aromatic heterocycles. The van der Waals surface area contributed by atoms with Gasteiger partial charge in [-0.15, -0.1) is 0 Å². The lowest BCUT2D eigenvalue weighted by Gasteiger charge is -2.35. The fourth-order valence-corrected chi connectivity index (χ4v) is 3.09. The molecule has 0 aromatic carbocycles. The summed E-state index contributed by atoms with van der Waals surface area (Å²) in [5.74, 6) is 0. The maximum atomic E-state index is 10.2. The van der Waals surface area contributed by atoms with E-state index in [4.69, 9.17) is 4.74 Å². The van der Waals surface area contributed by atoms with Crippen molar-refractivity contribution >= 4 is 14.9 Å². The van der Waals surface area contributed by atoms with Gasteiger partial charge in [0.1, 0.15) is 0 Å². The van der Waals surface area contributed by atoms with Gasteiger partial charge in [0.2, 0.25) is 6.08 Å². The van der Waals surface area contributed by atoms with E-state index in [0.29, 0.717) is 0 Å². The number of ether oxygens (including phenoxy) is 1. The molecule has 68 valence electrons. The van der Waals surface area contributed by atoms with Crippen molar-refractivity contribution in [2.45, 2.75) is 37.7 Å². The highest BCUT2D eigenvalue weighted by Gasteiger charge is 2.36. The van der Waals surface area contributed by atoms with Crippen molar-refractivity contribution < 1.29 is 9.53 Å². The Labute approximate surface area is 74.4 Å². The fraction of sp³-hybridized carbons (Fsp3) is 0.875. The Morgan fingerprint density at radius 3 is 2.67 bits per heavy atom. The minimum absolute atomic E-state index is 0.431. The van der Waals surface area contributed by atoms with Gasteiger partial charge in [-0.2, -0.15) is 4.99 Å². The minimum Gasteiger partial charge on any atom is -0.357 e. The number of isocyanates is 1. The van der Waals surface area contributed by atoms with Gasteiger partial charge in [-0.3, -0.25) is 0 Å². The van der Waals surface area contributed by atoms with Gasteiger partial charge in [-0.05, 0) is 19.3 Å². The van der Waals surface area contributed by atoms with E-state index in [-0.39, 0.29) is 0 Å². The molecule has 3 nitrogen and oxygen atoms in total. The summed E-state index contributed by atoms with van der Waals surface area (Å²) in [6, 6.07) is 0. The highest BCUT2D eigenvalue weighted by molar-refractivity contribution is 6.59. The maximum Gasteiger partial charge on any atom is 0.237 e. The summed E-state index contributed by atoms with van der Waals surface area (Å²) in [7, 11) is -1.06. The van der Waals surface area contributed by atoms with E-state index in [1.165, 1.54) is 0 Å². The van der Waals surface area contributed by atoms with Crippen molar-refractivity contribution in [3.63, 3.8) is 0 Å². The van der Waals surface area contributed by atoms with Crippen LogP contribution in [-0.4, -0.2) is 26.8 Å². The van der Waals surface area contributed by atoms with Crippen LogP contribution in [0.1, 0.15) is 19.3 Å². The molecule has 0 aliphatic carbocycles. The van der Waals surface area contributed by atoms with Crippen LogP contribution in [0.4, 0.5) is 0 Å². The van der Waals surface area contributed by atoms with Crippen molar-refractivity contribution in [2.75, 3.05) is 6.61 Å². The minimum atomic E-state index is -1.06. The van der Waals surface area contributed by atoms with E-state index in [0.717, 1.165) is 25.9 Å². The van der Waals surface area contributed by atoms with Gasteiger partial charge in [0, 0.05) is 6.61 Å². The molecule has 12 heavy (non-hydrogen) atoms. The molecule has 1 saturated heterocycles. The zero-order chi connectivity index (χ0) is 9.03. The molecule has 1 fully saturated rings. The van der Waals surface area contributed by atoms with E-state index in [1.807, 2.05) is 0 Å². The van der Waals surface area contributed by atoms with Crippen LogP contribution >= 0.6 is 0 Å².